The molecule has 0 radical (unpaired) electrons. The van der Waals surface area contributed by atoms with Gasteiger partial charge in [-0.15, -0.1) is 0 Å². The predicted octanol–water partition coefficient (Wildman–Crippen LogP) is 4.18. The van der Waals surface area contributed by atoms with Crippen molar-refractivity contribution in [1.29, 1.82) is 0 Å². The van der Waals surface area contributed by atoms with E-state index in [9.17, 15) is 4.79 Å². The fourth-order valence-electron chi connectivity index (χ4n) is 4.22. The summed E-state index contributed by atoms with van der Waals surface area (Å²) in [7, 11) is 0. The smallest absolute Gasteiger partial charge is 0.255 e. The first kappa shape index (κ1) is 21.2. The van der Waals surface area contributed by atoms with E-state index in [-0.39, 0.29) is 5.91 Å². The molecule has 0 spiro atoms. The summed E-state index contributed by atoms with van der Waals surface area (Å²) in [6.45, 7) is 8.33. The highest BCUT2D eigenvalue weighted by molar-refractivity contribution is 6.09. The van der Waals surface area contributed by atoms with Gasteiger partial charge >= 0.3 is 0 Å². The molecule has 1 N–H and O–H groups in total. The van der Waals surface area contributed by atoms with Crippen LogP contribution < -0.4 is 15.0 Å². The van der Waals surface area contributed by atoms with Crippen LogP contribution in [0.4, 0.5) is 5.69 Å². The third-order valence-electron chi connectivity index (χ3n) is 5.85. The second kappa shape index (κ2) is 10.3. The van der Waals surface area contributed by atoms with Crippen LogP contribution in [0.5, 0.6) is 5.75 Å². The number of hydrogen-bond acceptors (Lipinski definition) is 4. The minimum absolute atomic E-state index is 0.0610. The molecule has 0 bridgehead atoms. The molecule has 1 aliphatic rings. The number of para-hydroxylation sites is 1. The molecule has 0 aliphatic carbocycles. The van der Waals surface area contributed by atoms with Crippen LogP contribution in [0.25, 0.3) is 10.8 Å². The Hall–Kier alpha value is -3.05. The van der Waals surface area contributed by atoms with Gasteiger partial charge in [0.1, 0.15) is 5.75 Å². The summed E-state index contributed by atoms with van der Waals surface area (Å²) in [6, 6.07) is 22.5. The van der Waals surface area contributed by atoms with E-state index in [4.69, 9.17) is 4.74 Å². The van der Waals surface area contributed by atoms with E-state index in [0.29, 0.717) is 24.5 Å². The van der Waals surface area contributed by atoms with Crippen molar-refractivity contribution in [2.75, 3.05) is 50.8 Å². The average molecular weight is 418 g/mol. The van der Waals surface area contributed by atoms with Crippen molar-refractivity contribution in [2.45, 2.75) is 13.3 Å². The highest BCUT2D eigenvalue weighted by Gasteiger charge is 2.18. The Balaban J connectivity index is 1.28. The number of nitrogens with one attached hydrogen (secondary N) is 1. The summed E-state index contributed by atoms with van der Waals surface area (Å²) in [6.07, 6.45) is 0.936. The minimum atomic E-state index is -0.0610. The number of fused-ring (bicyclic) bond motifs is 1. The lowest BCUT2D eigenvalue weighted by Crippen LogP contribution is -2.47. The van der Waals surface area contributed by atoms with Crippen molar-refractivity contribution in [2.24, 2.45) is 0 Å². The van der Waals surface area contributed by atoms with E-state index in [1.54, 1.807) is 0 Å². The van der Waals surface area contributed by atoms with Gasteiger partial charge in [-0.1, -0.05) is 48.5 Å². The van der Waals surface area contributed by atoms with Gasteiger partial charge in [0.2, 0.25) is 0 Å². The number of hydrogen-bond donors (Lipinski definition) is 1. The molecular weight excluding hydrogens is 386 g/mol. The maximum Gasteiger partial charge on any atom is 0.255 e. The number of carbonyl (C=O) groups is 1. The lowest BCUT2D eigenvalue weighted by molar-refractivity contribution is 0.0949. The number of rotatable bonds is 8. The molecular formula is C26H31N3O2. The first-order valence-corrected chi connectivity index (χ1v) is 11.2. The molecule has 5 nitrogen and oxygen atoms in total. The molecule has 3 aromatic rings. The zero-order valence-corrected chi connectivity index (χ0v) is 18.2. The summed E-state index contributed by atoms with van der Waals surface area (Å²) < 4.78 is 5.74. The largest absolute Gasteiger partial charge is 0.493 e. The zero-order chi connectivity index (χ0) is 21.5. The van der Waals surface area contributed by atoms with Gasteiger partial charge in [-0.25, -0.2) is 0 Å². The fraction of sp³-hybridized carbons (Fsp3) is 0.346. The standard InChI is InChI=1S/C26H31N3O2/c1-2-31-24-14-13-21-9-6-7-12-23(21)25(24)26(30)27-15-8-16-28-17-19-29(20-18-28)22-10-4-3-5-11-22/h3-7,9-14H,2,8,15-20H2,1H3,(H,27,30). The molecule has 1 fully saturated rings. The van der Waals surface area contributed by atoms with Crippen molar-refractivity contribution in [3.63, 3.8) is 0 Å². The third-order valence-corrected chi connectivity index (χ3v) is 5.85. The van der Waals surface area contributed by atoms with Crippen LogP contribution in [0.2, 0.25) is 0 Å². The van der Waals surface area contributed by atoms with E-state index < -0.39 is 0 Å². The Labute approximate surface area is 184 Å². The number of benzene rings is 3. The summed E-state index contributed by atoms with van der Waals surface area (Å²) >= 11 is 0. The Morgan fingerprint density at radius 1 is 0.935 bits per heavy atom. The first-order chi connectivity index (χ1) is 15.3. The van der Waals surface area contributed by atoms with Crippen LogP contribution in [0.15, 0.2) is 66.7 Å². The van der Waals surface area contributed by atoms with Gasteiger partial charge in [-0.3, -0.25) is 9.69 Å². The molecule has 1 amide bonds. The monoisotopic (exact) mass is 417 g/mol. The van der Waals surface area contributed by atoms with Crippen molar-refractivity contribution in [1.82, 2.24) is 10.2 Å². The van der Waals surface area contributed by atoms with Crippen LogP contribution in [0.3, 0.4) is 0 Å². The quantitative estimate of drug-likeness (QED) is 0.559. The molecule has 1 aliphatic heterocycles. The van der Waals surface area contributed by atoms with E-state index in [1.807, 2.05) is 43.3 Å². The van der Waals surface area contributed by atoms with E-state index >= 15 is 0 Å². The normalized spacial score (nSPS) is 14.5. The van der Waals surface area contributed by atoms with E-state index in [0.717, 1.165) is 49.9 Å². The highest BCUT2D eigenvalue weighted by atomic mass is 16.5. The van der Waals surface area contributed by atoms with Crippen LogP contribution in [0.1, 0.15) is 23.7 Å². The topological polar surface area (TPSA) is 44.8 Å². The molecule has 3 aromatic carbocycles. The molecule has 1 saturated heterocycles. The maximum absolute atomic E-state index is 13.0. The van der Waals surface area contributed by atoms with Crippen molar-refractivity contribution in [3.05, 3.63) is 72.3 Å². The van der Waals surface area contributed by atoms with Gasteiger partial charge < -0.3 is 15.0 Å². The number of nitrogens with zero attached hydrogens (tertiary/aromatic N) is 2. The SMILES string of the molecule is CCOc1ccc2ccccc2c1C(=O)NCCCN1CCN(c2ccccc2)CC1. The Morgan fingerprint density at radius 3 is 2.45 bits per heavy atom. The van der Waals surface area contributed by atoms with Gasteiger partial charge in [-0.05, 0) is 48.9 Å². The number of piperazine rings is 1. The fourth-order valence-corrected chi connectivity index (χ4v) is 4.22. The van der Waals surface area contributed by atoms with Gasteiger partial charge in [0.25, 0.3) is 5.91 Å². The summed E-state index contributed by atoms with van der Waals surface area (Å²) in [4.78, 5) is 17.9. The van der Waals surface area contributed by atoms with Gasteiger partial charge in [0.05, 0.1) is 12.2 Å². The van der Waals surface area contributed by atoms with Crippen molar-refractivity contribution < 1.29 is 9.53 Å². The van der Waals surface area contributed by atoms with Crippen LogP contribution >= 0.6 is 0 Å². The van der Waals surface area contributed by atoms with Gasteiger partial charge in [0.15, 0.2) is 0 Å². The second-order valence-electron chi connectivity index (χ2n) is 7.87. The summed E-state index contributed by atoms with van der Waals surface area (Å²) in [5.41, 5.74) is 1.94. The molecule has 0 unspecified atom stereocenters. The summed E-state index contributed by atoms with van der Waals surface area (Å²) in [5.74, 6) is 0.588. The molecule has 0 saturated carbocycles. The average Bonchev–Trinajstić information content (AvgIpc) is 2.82. The Kier molecular flexibility index (Phi) is 7.05. The number of anilines is 1. The lowest BCUT2D eigenvalue weighted by atomic mass is 10.0. The highest BCUT2D eigenvalue weighted by Crippen LogP contribution is 2.28. The first-order valence-electron chi connectivity index (χ1n) is 11.2. The van der Waals surface area contributed by atoms with Crippen molar-refractivity contribution in [3.8, 4) is 5.75 Å². The second-order valence-corrected chi connectivity index (χ2v) is 7.87. The molecule has 4 rings (SSSR count). The van der Waals surface area contributed by atoms with Gasteiger partial charge in [0, 0.05) is 38.4 Å². The van der Waals surface area contributed by atoms with E-state index in [2.05, 4.69) is 45.4 Å². The molecule has 0 aromatic heterocycles. The number of ether oxygens (including phenoxy) is 1. The van der Waals surface area contributed by atoms with Crippen LogP contribution in [-0.2, 0) is 0 Å². The Morgan fingerprint density at radius 2 is 1.68 bits per heavy atom. The van der Waals surface area contributed by atoms with Crippen LogP contribution in [-0.4, -0.2) is 56.7 Å². The van der Waals surface area contributed by atoms with E-state index in [1.165, 1.54) is 5.69 Å². The maximum atomic E-state index is 13.0. The molecule has 162 valence electrons. The zero-order valence-electron chi connectivity index (χ0n) is 18.2. The third kappa shape index (κ3) is 5.17. The molecule has 31 heavy (non-hydrogen) atoms. The number of amides is 1. The number of carbonyl (C=O) groups excluding carboxylic acids is 1. The van der Waals surface area contributed by atoms with Crippen molar-refractivity contribution >= 4 is 22.4 Å². The Bertz CT molecular complexity index is 998. The minimum Gasteiger partial charge on any atom is -0.493 e. The van der Waals surface area contributed by atoms with Crippen LogP contribution in [0, 0.1) is 0 Å². The summed E-state index contributed by atoms with van der Waals surface area (Å²) in [5, 5.41) is 5.09. The molecule has 1 heterocycles. The predicted molar refractivity (Wildman–Crippen MR) is 127 cm³/mol. The molecule has 0 atom stereocenters. The molecule has 5 heteroatoms. The lowest BCUT2D eigenvalue weighted by Gasteiger charge is -2.36. The van der Waals surface area contributed by atoms with Gasteiger partial charge in [-0.2, -0.15) is 0 Å².